The molecule has 0 aromatic heterocycles. The van der Waals surface area contributed by atoms with Gasteiger partial charge in [-0.25, -0.2) is 8.78 Å². The van der Waals surface area contributed by atoms with Crippen molar-refractivity contribution in [1.29, 1.82) is 0 Å². The molecule has 0 heterocycles. The Hall–Kier alpha value is -2.31. The van der Waals surface area contributed by atoms with Gasteiger partial charge in [-0.05, 0) is 53.5 Å². The molecule has 4 nitrogen and oxygen atoms in total. The molecule has 2 aromatic carbocycles. The van der Waals surface area contributed by atoms with Gasteiger partial charge in [0, 0.05) is 25.1 Å². The second kappa shape index (κ2) is 11.0. The molecular formula is C28H38F2N2O2. The highest BCUT2D eigenvalue weighted by Crippen LogP contribution is 2.38. The number of hydrogen-bond acceptors (Lipinski definition) is 3. The normalized spacial score (nSPS) is 17.7. The van der Waals surface area contributed by atoms with E-state index in [0.29, 0.717) is 5.56 Å². The van der Waals surface area contributed by atoms with Gasteiger partial charge in [0.2, 0.25) is 5.91 Å². The summed E-state index contributed by atoms with van der Waals surface area (Å²) in [5.41, 5.74) is 2.69. The summed E-state index contributed by atoms with van der Waals surface area (Å²) < 4.78 is 27.3. The first-order chi connectivity index (χ1) is 16.0. The number of rotatable bonds is 8. The lowest BCUT2D eigenvalue weighted by Gasteiger charge is -2.40. The Morgan fingerprint density at radius 3 is 2.15 bits per heavy atom. The lowest BCUT2D eigenvalue weighted by atomic mass is 9.75. The fourth-order valence-corrected chi connectivity index (χ4v) is 4.98. The van der Waals surface area contributed by atoms with Crippen LogP contribution in [0.5, 0.6) is 0 Å². The second-order valence-corrected chi connectivity index (χ2v) is 10.7. The summed E-state index contributed by atoms with van der Waals surface area (Å²) in [5, 5.41) is 17.4. The second-order valence-electron chi connectivity index (χ2n) is 10.7. The molecule has 3 rings (SSSR count). The first kappa shape index (κ1) is 26.3. The maximum absolute atomic E-state index is 13.7. The van der Waals surface area contributed by atoms with Gasteiger partial charge in [0.05, 0.1) is 12.1 Å². The lowest BCUT2D eigenvalue weighted by molar-refractivity contribution is -0.120. The number of aliphatic hydroxyl groups excluding tert-OH is 1. The standard InChI is InChI=1S/C28H38F2N2O2/c1-19(33)32-25(16-20-14-23(29)17-24(30)15-20)26(34)18-31-28(12-6-5-7-13-28)22-10-8-21(9-11-22)27(2,3)4/h8-11,14-15,17,25-26,31,34H,5-7,12-13,16,18H2,1-4H3,(H,32,33). The minimum Gasteiger partial charge on any atom is -0.390 e. The zero-order valence-electron chi connectivity index (χ0n) is 20.8. The van der Waals surface area contributed by atoms with E-state index in [1.54, 1.807) is 0 Å². The predicted molar refractivity (Wildman–Crippen MR) is 132 cm³/mol. The Morgan fingerprint density at radius 2 is 1.62 bits per heavy atom. The van der Waals surface area contributed by atoms with Gasteiger partial charge in [0.15, 0.2) is 0 Å². The Labute approximate surface area is 202 Å². The summed E-state index contributed by atoms with van der Waals surface area (Å²) in [5.74, 6) is -1.65. The fraction of sp³-hybridized carbons (Fsp3) is 0.536. The van der Waals surface area contributed by atoms with E-state index in [-0.39, 0.29) is 29.8 Å². The fourth-order valence-electron chi connectivity index (χ4n) is 4.98. The molecule has 0 spiro atoms. The van der Waals surface area contributed by atoms with Gasteiger partial charge in [-0.2, -0.15) is 0 Å². The number of aliphatic hydroxyl groups is 1. The van der Waals surface area contributed by atoms with Crippen LogP contribution in [0.2, 0.25) is 0 Å². The van der Waals surface area contributed by atoms with Crippen LogP contribution in [0.4, 0.5) is 8.78 Å². The van der Waals surface area contributed by atoms with Gasteiger partial charge in [-0.1, -0.05) is 64.3 Å². The third kappa shape index (κ3) is 6.86. The van der Waals surface area contributed by atoms with Gasteiger partial charge in [-0.3, -0.25) is 4.79 Å². The van der Waals surface area contributed by atoms with Crippen molar-refractivity contribution in [3.8, 4) is 0 Å². The van der Waals surface area contributed by atoms with Gasteiger partial charge < -0.3 is 15.7 Å². The SMILES string of the molecule is CC(=O)NC(Cc1cc(F)cc(F)c1)C(O)CNC1(c2ccc(C(C)(C)C)cc2)CCCCC1. The quantitative estimate of drug-likeness (QED) is 0.500. The molecule has 1 aliphatic carbocycles. The van der Waals surface area contributed by atoms with E-state index in [4.69, 9.17) is 0 Å². The van der Waals surface area contributed by atoms with Gasteiger partial charge >= 0.3 is 0 Å². The minimum atomic E-state index is -0.928. The molecule has 2 aromatic rings. The molecule has 1 saturated carbocycles. The zero-order chi connectivity index (χ0) is 24.9. The Bertz CT molecular complexity index is 943. The number of carbonyl (C=O) groups is 1. The summed E-state index contributed by atoms with van der Waals surface area (Å²) in [6, 6.07) is 11.3. The van der Waals surface area contributed by atoms with Crippen LogP contribution in [-0.4, -0.2) is 29.7 Å². The zero-order valence-corrected chi connectivity index (χ0v) is 20.8. The van der Waals surface area contributed by atoms with Crippen molar-refractivity contribution in [3.05, 3.63) is 70.8 Å². The summed E-state index contributed by atoms with van der Waals surface area (Å²) in [6.45, 7) is 8.21. The highest BCUT2D eigenvalue weighted by Gasteiger charge is 2.35. The van der Waals surface area contributed by atoms with Crippen molar-refractivity contribution in [1.82, 2.24) is 10.6 Å². The molecule has 0 radical (unpaired) electrons. The highest BCUT2D eigenvalue weighted by molar-refractivity contribution is 5.73. The number of nitrogens with one attached hydrogen (secondary N) is 2. The van der Waals surface area contributed by atoms with E-state index >= 15 is 0 Å². The van der Waals surface area contributed by atoms with Crippen LogP contribution in [0.3, 0.4) is 0 Å². The molecular weight excluding hydrogens is 434 g/mol. The Balaban J connectivity index is 1.77. The Kier molecular flexibility index (Phi) is 8.47. The predicted octanol–water partition coefficient (Wildman–Crippen LogP) is 5.12. The molecule has 1 aliphatic rings. The molecule has 2 atom stereocenters. The molecule has 3 N–H and O–H groups in total. The van der Waals surface area contributed by atoms with Crippen LogP contribution < -0.4 is 10.6 Å². The summed E-state index contributed by atoms with van der Waals surface area (Å²) >= 11 is 0. The molecule has 0 saturated heterocycles. The van der Waals surface area contributed by atoms with Crippen molar-refractivity contribution >= 4 is 5.91 Å². The van der Waals surface area contributed by atoms with Crippen molar-refractivity contribution in [2.45, 2.75) is 89.3 Å². The van der Waals surface area contributed by atoms with Crippen molar-refractivity contribution in [3.63, 3.8) is 0 Å². The first-order valence-electron chi connectivity index (χ1n) is 12.2. The van der Waals surface area contributed by atoms with E-state index < -0.39 is 23.8 Å². The number of halogens is 2. The van der Waals surface area contributed by atoms with Crippen LogP contribution in [0.1, 0.15) is 76.5 Å². The number of benzene rings is 2. The molecule has 0 bridgehead atoms. The maximum atomic E-state index is 13.7. The van der Waals surface area contributed by atoms with Crippen molar-refractivity contribution < 1.29 is 18.7 Å². The smallest absolute Gasteiger partial charge is 0.217 e. The van der Waals surface area contributed by atoms with E-state index in [1.165, 1.54) is 36.6 Å². The van der Waals surface area contributed by atoms with E-state index in [0.717, 1.165) is 31.7 Å². The maximum Gasteiger partial charge on any atom is 0.217 e. The first-order valence-corrected chi connectivity index (χ1v) is 12.2. The van der Waals surface area contributed by atoms with E-state index in [1.807, 2.05) is 0 Å². The van der Waals surface area contributed by atoms with Crippen LogP contribution in [0.25, 0.3) is 0 Å². The number of carbonyl (C=O) groups excluding carboxylic acids is 1. The van der Waals surface area contributed by atoms with Gasteiger partial charge in [0.1, 0.15) is 11.6 Å². The van der Waals surface area contributed by atoms with Crippen molar-refractivity contribution in [2.24, 2.45) is 0 Å². The third-order valence-electron chi connectivity index (χ3n) is 6.89. The van der Waals surface area contributed by atoms with Crippen LogP contribution in [0.15, 0.2) is 42.5 Å². The summed E-state index contributed by atoms with van der Waals surface area (Å²) in [7, 11) is 0. The monoisotopic (exact) mass is 472 g/mol. The Morgan fingerprint density at radius 1 is 1.03 bits per heavy atom. The van der Waals surface area contributed by atoms with E-state index in [2.05, 4.69) is 55.7 Å². The van der Waals surface area contributed by atoms with Gasteiger partial charge in [-0.15, -0.1) is 0 Å². The topological polar surface area (TPSA) is 61.4 Å². The molecule has 34 heavy (non-hydrogen) atoms. The van der Waals surface area contributed by atoms with Crippen LogP contribution in [-0.2, 0) is 22.2 Å². The average Bonchev–Trinajstić information content (AvgIpc) is 2.76. The minimum absolute atomic E-state index is 0.0733. The van der Waals surface area contributed by atoms with Gasteiger partial charge in [0.25, 0.3) is 0 Å². The molecule has 6 heteroatoms. The van der Waals surface area contributed by atoms with Crippen LogP contribution in [0, 0.1) is 11.6 Å². The summed E-state index contributed by atoms with van der Waals surface area (Å²) in [6.07, 6.45) is 4.52. The van der Waals surface area contributed by atoms with E-state index in [9.17, 15) is 18.7 Å². The molecule has 186 valence electrons. The third-order valence-corrected chi connectivity index (χ3v) is 6.89. The summed E-state index contributed by atoms with van der Waals surface area (Å²) in [4.78, 5) is 11.8. The number of hydrogen-bond donors (Lipinski definition) is 3. The lowest BCUT2D eigenvalue weighted by Crippen LogP contribution is -2.53. The molecule has 2 unspecified atom stereocenters. The van der Waals surface area contributed by atoms with Crippen molar-refractivity contribution in [2.75, 3.05) is 6.54 Å². The number of amides is 1. The molecule has 1 amide bonds. The molecule has 0 aliphatic heterocycles. The molecule has 1 fully saturated rings. The van der Waals surface area contributed by atoms with Crippen LogP contribution >= 0.6 is 0 Å². The average molecular weight is 473 g/mol. The highest BCUT2D eigenvalue weighted by atomic mass is 19.1. The largest absolute Gasteiger partial charge is 0.390 e.